The van der Waals surface area contributed by atoms with Gasteiger partial charge in [0.2, 0.25) is 5.91 Å². The number of carboxylic acid groups (broad SMARTS) is 1. The van der Waals surface area contributed by atoms with Gasteiger partial charge in [-0.2, -0.15) is 0 Å². The Hall–Kier alpha value is -3.61. The van der Waals surface area contributed by atoms with Crippen LogP contribution in [0.1, 0.15) is 57.6 Å². The van der Waals surface area contributed by atoms with Crippen molar-refractivity contribution in [1.29, 1.82) is 0 Å². The van der Waals surface area contributed by atoms with Crippen LogP contribution >= 0.6 is 0 Å². The molecule has 3 N–H and O–H groups in total. The molecule has 7 heteroatoms. The van der Waals surface area contributed by atoms with Gasteiger partial charge in [0.25, 0.3) is 0 Å². The number of alkyl carbamates (subject to hydrolysis) is 1. The van der Waals surface area contributed by atoms with Crippen LogP contribution in [0.4, 0.5) is 4.79 Å². The number of benzene rings is 2. The van der Waals surface area contributed by atoms with Gasteiger partial charge in [-0.15, -0.1) is 0 Å². The lowest BCUT2D eigenvalue weighted by molar-refractivity contribution is -0.142. The zero-order valence-corrected chi connectivity index (χ0v) is 20.8. The molecule has 186 valence electrons. The van der Waals surface area contributed by atoms with E-state index in [1.807, 2.05) is 52.0 Å². The van der Waals surface area contributed by atoms with Crippen molar-refractivity contribution < 1.29 is 24.2 Å². The van der Waals surface area contributed by atoms with Crippen molar-refractivity contribution in [3.05, 3.63) is 71.3 Å². The summed E-state index contributed by atoms with van der Waals surface area (Å²) >= 11 is 0. The van der Waals surface area contributed by atoms with Crippen molar-refractivity contribution in [2.75, 3.05) is 13.2 Å². The van der Waals surface area contributed by atoms with E-state index in [9.17, 15) is 19.5 Å². The molecule has 0 spiro atoms. The summed E-state index contributed by atoms with van der Waals surface area (Å²) in [4.78, 5) is 36.4. The zero-order chi connectivity index (χ0) is 25.6. The summed E-state index contributed by atoms with van der Waals surface area (Å²) in [5, 5.41) is 14.7. The molecule has 0 aliphatic heterocycles. The molecule has 1 atom stereocenters. The number of ether oxygens (including phenoxy) is 1. The largest absolute Gasteiger partial charge is 0.480 e. The fourth-order valence-electron chi connectivity index (χ4n) is 4.28. The van der Waals surface area contributed by atoms with Gasteiger partial charge >= 0.3 is 12.1 Å². The topological polar surface area (TPSA) is 105 Å². The molecule has 2 aromatic carbocycles. The van der Waals surface area contributed by atoms with Crippen molar-refractivity contribution in [1.82, 2.24) is 10.6 Å². The fraction of sp³-hybridized carbons (Fsp3) is 0.393. The van der Waals surface area contributed by atoms with E-state index in [1.54, 1.807) is 6.08 Å². The quantitative estimate of drug-likeness (QED) is 0.423. The lowest BCUT2D eigenvalue weighted by Gasteiger charge is -2.25. The number of rotatable bonds is 10. The lowest BCUT2D eigenvalue weighted by atomic mass is 9.88. The van der Waals surface area contributed by atoms with Gasteiger partial charge in [0.1, 0.15) is 12.6 Å². The number of aliphatic carboxylic acids is 1. The van der Waals surface area contributed by atoms with Crippen LogP contribution in [-0.2, 0) is 14.3 Å². The predicted octanol–water partition coefficient (Wildman–Crippen LogP) is 4.87. The first-order valence-corrected chi connectivity index (χ1v) is 11.8. The summed E-state index contributed by atoms with van der Waals surface area (Å²) < 4.78 is 5.56. The third kappa shape index (κ3) is 6.94. The van der Waals surface area contributed by atoms with Crippen LogP contribution in [0.25, 0.3) is 11.1 Å². The van der Waals surface area contributed by atoms with E-state index in [0.29, 0.717) is 0 Å². The van der Waals surface area contributed by atoms with Crippen LogP contribution in [0, 0.1) is 5.41 Å². The Morgan fingerprint density at radius 1 is 1.03 bits per heavy atom. The molecule has 3 rings (SSSR count). The Balaban J connectivity index is 1.51. The van der Waals surface area contributed by atoms with Gasteiger partial charge in [-0.1, -0.05) is 74.0 Å². The average Bonchev–Trinajstić information content (AvgIpc) is 3.12. The predicted molar refractivity (Wildman–Crippen MR) is 135 cm³/mol. The Kier molecular flexibility index (Phi) is 8.33. The van der Waals surface area contributed by atoms with Crippen LogP contribution in [-0.4, -0.2) is 42.3 Å². The number of allylic oxidation sites excluding steroid dienone is 1. The molecule has 2 amide bonds. The average molecular weight is 479 g/mol. The van der Waals surface area contributed by atoms with Crippen LogP contribution in [0.2, 0.25) is 0 Å². The van der Waals surface area contributed by atoms with E-state index in [1.165, 1.54) is 0 Å². The SMILES string of the molecule is CC(C)=CCC(NC(=O)CC(C)(C)CNC(=O)OCC1c2ccccc2-c2ccccc21)C(=O)O. The number of carboxylic acids is 1. The Morgan fingerprint density at radius 3 is 2.14 bits per heavy atom. The molecule has 0 radical (unpaired) electrons. The number of carbonyl (C=O) groups is 3. The molecule has 1 aliphatic carbocycles. The fourth-order valence-corrected chi connectivity index (χ4v) is 4.28. The number of hydrogen-bond donors (Lipinski definition) is 3. The first kappa shape index (κ1) is 26.0. The minimum atomic E-state index is -1.08. The number of hydrogen-bond acceptors (Lipinski definition) is 4. The molecular formula is C28H34N2O5. The maximum absolute atomic E-state index is 12.5. The number of carbonyl (C=O) groups excluding carboxylic acids is 2. The van der Waals surface area contributed by atoms with Crippen molar-refractivity contribution >= 4 is 18.0 Å². The maximum atomic E-state index is 12.5. The van der Waals surface area contributed by atoms with Crippen molar-refractivity contribution in [2.45, 2.75) is 52.5 Å². The van der Waals surface area contributed by atoms with E-state index in [2.05, 4.69) is 34.9 Å². The Bertz CT molecular complexity index is 1070. The zero-order valence-electron chi connectivity index (χ0n) is 20.8. The van der Waals surface area contributed by atoms with Gasteiger partial charge in [0.15, 0.2) is 0 Å². The molecule has 0 aromatic heterocycles. The standard InChI is InChI=1S/C28H34N2O5/c1-18(2)13-14-24(26(32)33)30-25(31)15-28(3,4)17-29-27(34)35-16-23-21-11-7-5-9-19(21)20-10-6-8-12-22(20)23/h5-13,23-24H,14-17H2,1-4H3,(H,29,34)(H,30,31)(H,32,33). The van der Waals surface area contributed by atoms with Gasteiger partial charge in [-0.3, -0.25) is 4.79 Å². The Morgan fingerprint density at radius 2 is 1.60 bits per heavy atom. The Labute approximate surface area is 206 Å². The molecular weight excluding hydrogens is 444 g/mol. The summed E-state index contributed by atoms with van der Waals surface area (Å²) in [6, 6.07) is 15.3. The second-order valence-electron chi connectivity index (χ2n) is 10.00. The summed E-state index contributed by atoms with van der Waals surface area (Å²) in [7, 11) is 0. The molecule has 0 saturated heterocycles. The third-order valence-corrected chi connectivity index (χ3v) is 6.09. The van der Waals surface area contributed by atoms with Gasteiger partial charge in [-0.05, 0) is 47.9 Å². The van der Waals surface area contributed by atoms with Crippen LogP contribution < -0.4 is 10.6 Å². The molecule has 0 fully saturated rings. The van der Waals surface area contributed by atoms with E-state index in [0.717, 1.165) is 27.8 Å². The molecule has 35 heavy (non-hydrogen) atoms. The second kappa shape index (κ2) is 11.2. The molecule has 1 unspecified atom stereocenters. The molecule has 2 aromatic rings. The van der Waals surface area contributed by atoms with Crippen LogP contribution in [0.3, 0.4) is 0 Å². The van der Waals surface area contributed by atoms with Gasteiger partial charge < -0.3 is 20.5 Å². The van der Waals surface area contributed by atoms with Crippen molar-refractivity contribution in [3.8, 4) is 11.1 Å². The summed E-state index contributed by atoms with van der Waals surface area (Å²) in [6.07, 6.45) is 1.52. The monoisotopic (exact) mass is 478 g/mol. The van der Waals surface area contributed by atoms with Crippen LogP contribution in [0.5, 0.6) is 0 Å². The molecule has 7 nitrogen and oxygen atoms in total. The van der Waals surface area contributed by atoms with E-state index >= 15 is 0 Å². The lowest BCUT2D eigenvalue weighted by Crippen LogP contribution is -2.44. The normalized spacial score (nSPS) is 13.3. The summed E-state index contributed by atoms with van der Waals surface area (Å²) in [5.74, 6) is -1.48. The second-order valence-corrected chi connectivity index (χ2v) is 10.00. The van der Waals surface area contributed by atoms with Crippen molar-refractivity contribution in [3.63, 3.8) is 0 Å². The smallest absolute Gasteiger partial charge is 0.407 e. The number of nitrogens with one attached hydrogen (secondary N) is 2. The van der Waals surface area contributed by atoms with E-state index < -0.39 is 23.5 Å². The van der Waals surface area contributed by atoms with Crippen LogP contribution in [0.15, 0.2) is 60.2 Å². The first-order chi connectivity index (χ1) is 16.6. The molecule has 0 saturated carbocycles. The first-order valence-electron chi connectivity index (χ1n) is 11.8. The molecule has 0 bridgehead atoms. The van der Waals surface area contributed by atoms with Gasteiger partial charge in [-0.25, -0.2) is 9.59 Å². The number of amides is 2. The summed E-state index contributed by atoms with van der Waals surface area (Å²) in [5.41, 5.74) is 4.99. The highest BCUT2D eigenvalue weighted by Gasteiger charge is 2.30. The van der Waals surface area contributed by atoms with Crippen molar-refractivity contribution in [2.24, 2.45) is 5.41 Å². The molecule has 0 heterocycles. The van der Waals surface area contributed by atoms with E-state index in [4.69, 9.17) is 4.74 Å². The van der Waals surface area contributed by atoms with Gasteiger partial charge in [0, 0.05) is 18.9 Å². The highest BCUT2D eigenvalue weighted by molar-refractivity contribution is 5.84. The van der Waals surface area contributed by atoms with E-state index in [-0.39, 0.29) is 37.8 Å². The van der Waals surface area contributed by atoms with Gasteiger partial charge in [0.05, 0.1) is 0 Å². The summed E-state index contributed by atoms with van der Waals surface area (Å²) in [6.45, 7) is 7.84. The molecule has 1 aliphatic rings. The third-order valence-electron chi connectivity index (χ3n) is 6.09. The maximum Gasteiger partial charge on any atom is 0.407 e. The number of fused-ring (bicyclic) bond motifs is 3. The highest BCUT2D eigenvalue weighted by Crippen LogP contribution is 2.44. The minimum Gasteiger partial charge on any atom is -0.480 e. The highest BCUT2D eigenvalue weighted by atomic mass is 16.5. The minimum absolute atomic E-state index is 0.0271.